The molecular weight excluding hydrogens is 463 g/mol. The number of hydrogen-bond donors (Lipinski definition) is 3. The normalized spacial score (nSPS) is 20.0. The van der Waals surface area contributed by atoms with Gasteiger partial charge in [-0.2, -0.15) is 0 Å². The molecule has 2 atom stereocenters. The van der Waals surface area contributed by atoms with Gasteiger partial charge in [0.2, 0.25) is 5.91 Å². The van der Waals surface area contributed by atoms with Crippen molar-refractivity contribution in [1.82, 2.24) is 10.6 Å². The molecule has 1 aliphatic carbocycles. The van der Waals surface area contributed by atoms with E-state index in [-0.39, 0.29) is 35.8 Å². The molecule has 1 amide bonds. The van der Waals surface area contributed by atoms with Crippen LogP contribution in [0.15, 0.2) is 53.5 Å². The van der Waals surface area contributed by atoms with Crippen molar-refractivity contribution in [2.24, 2.45) is 4.99 Å². The van der Waals surface area contributed by atoms with Gasteiger partial charge < -0.3 is 16.0 Å². The van der Waals surface area contributed by atoms with Crippen LogP contribution in [0.2, 0.25) is 0 Å². The Bertz CT molecular complexity index is 867. The monoisotopic (exact) mass is 490 g/mol. The van der Waals surface area contributed by atoms with Crippen molar-refractivity contribution in [2.75, 3.05) is 25.0 Å². The van der Waals surface area contributed by atoms with Crippen LogP contribution in [0.1, 0.15) is 41.9 Å². The molecule has 3 N–H and O–H groups in total. The Morgan fingerprint density at radius 1 is 1.04 bits per heavy atom. The summed E-state index contributed by atoms with van der Waals surface area (Å²) in [6, 6.07) is 16.6. The summed E-state index contributed by atoms with van der Waals surface area (Å²) in [6.07, 6.45) is 1.61. The molecule has 0 radical (unpaired) electrons. The van der Waals surface area contributed by atoms with E-state index in [9.17, 15) is 4.79 Å². The number of anilines is 1. The first-order valence-electron chi connectivity index (χ1n) is 9.73. The molecule has 0 spiro atoms. The first-order chi connectivity index (χ1) is 13.2. The molecule has 1 aliphatic heterocycles. The van der Waals surface area contributed by atoms with Crippen LogP contribution in [0.3, 0.4) is 0 Å². The van der Waals surface area contributed by atoms with Crippen molar-refractivity contribution in [2.45, 2.75) is 31.6 Å². The van der Waals surface area contributed by atoms with Gasteiger partial charge >= 0.3 is 0 Å². The van der Waals surface area contributed by atoms with E-state index in [1.165, 1.54) is 16.7 Å². The number of para-hydroxylation sites is 1. The number of carbonyl (C=O) groups is 1. The molecule has 0 saturated heterocycles. The average molecular weight is 490 g/mol. The number of carbonyl (C=O) groups excluding carboxylic acids is 1. The van der Waals surface area contributed by atoms with E-state index in [1.807, 2.05) is 18.2 Å². The summed E-state index contributed by atoms with van der Waals surface area (Å²) < 4.78 is 0. The van der Waals surface area contributed by atoms with Gasteiger partial charge in [0.15, 0.2) is 5.96 Å². The fourth-order valence-electron chi connectivity index (χ4n) is 3.97. The molecule has 1 heterocycles. The van der Waals surface area contributed by atoms with Gasteiger partial charge in [-0.15, -0.1) is 24.0 Å². The molecule has 5 nitrogen and oxygen atoms in total. The number of nitrogens with one attached hydrogen (secondary N) is 3. The molecule has 0 fully saturated rings. The highest BCUT2D eigenvalue weighted by Crippen LogP contribution is 2.35. The van der Waals surface area contributed by atoms with Crippen LogP contribution in [-0.4, -0.2) is 31.5 Å². The molecule has 0 saturated carbocycles. The predicted molar refractivity (Wildman–Crippen MR) is 125 cm³/mol. The standard InChI is InChI=1S/C22H26N4O.HI/c1-2-23-22(24-13-16-11-15-7-3-4-8-18(15)16)25-14-17-12-21(27)26-20-10-6-5-9-19(17)20;/h3-10,16-17H,2,11-14H2,1H3,(H,26,27)(H2,23,24,25);1H. The Morgan fingerprint density at radius 2 is 1.79 bits per heavy atom. The smallest absolute Gasteiger partial charge is 0.225 e. The molecule has 2 aromatic carbocycles. The second kappa shape index (κ2) is 9.41. The highest BCUT2D eigenvalue weighted by atomic mass is 127. The summed E-state index contributed by atoms with van der Waals surface area (Å²) in [5, 5.41) is 9.72. The fraction of sp³-hybridized carbons (Fsp3) is 0.364. The quantitative estimate of drug-likeness (QED) is 0.341. The average Bonchev–Trinajstić information content (AvgIpc) is 2.66. The lowest BCUT2D eigenvalue weighted by molar-refractivity contribution is -0.116. The number of guanidine groups is 1. The van der Waals surface area contributed by atoms with Crippen LogP contribution in [0.4, 0.5) is 5.69 Å². The van der Waals surface area contributed by atoms with E-state index in [2.05, 4.69) is 53.2 Å². The zero-order valence-electron chi connectivity index (χ0n) is 16.1. The minimum Gasteiger partial charge on any atom is -0.357 e. The van der Waals surface area contributed by atoms with E-state index in [0.29, 0.717) is 18.9 Å². The Hall–Kier alpha value is -2.09. The maximum absolute atomic E-state index is 12.0. The van der Waals surface area contributed by atoms with E-state index in [1.54, 1.807) is 0 Å². The van der Waals surface area contributed by atoms with Crippen molar-refractivity contribution >= 4 is 41.5 Å². The number of benzene rings is 2. The minimum atomic E-state index is 0. The summed E-state index contributed by atoms with van der Waals surface area (Å²) in [5.41, 5.74) is 4.98. The van der Waals surface area contributed by atoms with Crippen molar-refractivity contribution in [1.29, 1.82) is 0 Å². The molecule has 148 valence electrons. The Balaban J connectivity index is 0.00000225. The first-order valence-corrected chi connectivity index (χ1v) is 9.73. The molecule has 28 heavy (non-hydrogen) atoms. The SMILES string of the molecule is CCNC(=NCC1Cc2ccccc21)NCC1CC(=O)Nc2ccccc21.I. The second-order valence-corrected chi connectivity index (χ2v) is 7.24. The van der Waals surface area contributed by atoms with Gasteiger partial charge in [0.05, 0.1) is 0 Å². The van der Waals surface area contributed by atoms with Crippen LogP contribution in [-0.2, 0) is 11.2 Å². The van der Waals surface area contributed by atoms with Gasteiger partial charge in [0, 0.05) is 43.6 Å². The van der Waals surface area contributed by atoms with Crippen LogP contribution in [0.5, 0.6) is 0 Å². The van der Waals surface area contributed by atoms with E-state index >= 15 is 0 Å². The Kier molecular flexibility index (Phi) is 6.93. The fourth-order valence-corrected chi connectivity index (χ4v) is 3.97. The molecule has 4 rings (SSSR count). The number of aliphatic imine (C=N–C) groups is 1. The minimum absolute atomic E-state index is 0. The summed E-state index contributed by atoms with van der Waals surface area (Å²) in [7, 11) is 0. The summed E-state index contributed by atoms with van der Waals surface area (Å²) in [6.45, 7) is 4.36. The van der Waals surface area contributed by atoms with E-state index in [0.717, 1.165) is 31.2 Å². The second-order valence-electron chi connectivity index (χ2n) is 7.24. The number of fused-ring (bicyclic) bond motifs is 2. The van der Waals surface area contributed by atoms with Crippen LogP contribution in [0, 0.1) is 0 Å². The summed E-state index contributed by atoms with van der Waals surface area (Å²) in [4.78, 5) is 16.8. The highest BCUT2D eigenvalue weighted by Gasteiger charge is 2.26. The van der Waals surface area contributed by atoms with Crippen molar-refractivity contribution in [3.63, 3.8) is 0 Å². The van der Waals surface area contributed by atoms with Crippen LogP contribution in [0.25, 0.3) is 0 Å². The van der Waals surface area contributed by atoms with Gasteiger partial charge in [-0.05, 0) is 36.1 Å². The van der Waals surface area contributed by atoms with Crippen molar-refractivity contribution < 1.29 is 4.79 Å². The third-order valence-corrected chi connectivity index (χ3v) is 5.40. The van der Waals surface area contributed by atoms with Gasteiger partial charge in [-0.1, -0.05) is 42.5 Å². The topological polar surface area (TPSA) is 65.5 Å². The predicted octanol–water partition coefficient (Wildman–Crippen LogP) is 3.63. The zero-order valence-corrected chi connectivity index (χ0v) is 18.4. The van der Waals surface area contributed by atoms with Gasteiger partial charge in [0.1, 0.15) is 0 Å². The molecule has 0 bridgehead atoms. The maximum Gasteiger partial charge on any atom is 0.225 e. The molecule has 0 aromatic heterocycles. The van der Waals surface area contributed by atoms with Gasteiger partial charge in [0.25, 0.3) is 0 Å². The van der Waals surface area contributed by atoms with Crippen molar-refractivity contribution in [3.8, 4) is 0 Å². The number of hydrogen-bond acceptors (Lipinski definition) is 2. The van der Waals surface area contributed by atoms with E-state index in [4.69, 9.17) is 4.99 Å². The lowest BCUT2D eigenvalue weighted by Gasteiger charge is -2.29. The van der Waals surface area contributed by atoms with E-state index < -0.39 is 0 Å². The third kappa shape index (κ3) is 4.48. The number of amides is 1. The zero-order chi connectivity index (χ0) is 18.6. The van der Waals surface area contributed by atoms with Crippen LogP contribution >= 0.6 is 24.0 Å². The van der Waals surface area contributed by atoms with Gasteiger partial charge in [-0.3, -0.25) is 9.79 Å². The number of nitrogens with zero attached hydrogens (tertiary/aromatic N) is 1. The largest absolute Gasteiger partial charge is 0.357 e. The van der Waals surface area contributed by atoms with Crippen LogP contribution < -0.4 is 16.0 Å². The van der Waals surface area contributed by atoms with Gasteiger partial charge in [-0.25, -0.2) is 0 Å². The number of halogens is 1. The maximum atomic E-state index is 12.0. The summed E-state index contributed by atoms with van der Waals surface area (Å²) >= 11 is 0. The molecular formula is C22H27IN4O. The molecule has 2 aliphatic rings. The first kappa shape index (κ1) is 20.6. The molecule has 2 unspecified atom stereocenters. The molecule has 2 aromatic rings. The lowest BCUT2D eigenvalue weighted by atomic mass is 9.78. The molecule has 6 heteroatoms. The van der Waals surface area contributed by atoms with Crippen molar-refractivity contribution in [3.05, 3.63) is 65.2 Å². The number of rotatable bonds is 5. The Morgan fingerprint density at radius 3 is 2.57 bits per heavy atom. The third-order valence-electron chi connectivity index (χ3n) is 5.40. The summed E-state index contributed by atoms with van der Waals surface area (Å²) in [5.74, 6) is 1.57. The highest BCUT2D eigenvalue weighted by molar-refractivity contribution is 14.0. The lowest BCUT2D eigenvalue weighted by Crippen LogP contribution is -2.41. The Labute approximate surface area is 183 Å².